The lowest BCUT2D eigenvalue weighted by molar-refractivity contribution is 0.0479. The summed E-state index contributed by atoms with van der Waals surface area (Å²) >= 11 is 0. The molecule has 1 amide bonds. The van der Waals surface area contributed by atoms with E-state index in [0.29, 0.717) is 19.1 Å². The first kappa shape index (κ1) is 15.2. The molecule has 2 N–H and O–H groups in total. The molecule has 0 aromatic rings. The van der Waals surface area contributed by atoms with Crippen LogP contribution >= 0.6 is 0 Å². The van der Waals surface area contributed by atoms with Crippen molar-refractivity contribution in [1.82, 2.24) is 10.6 Å². The summed E-state index contributed by atoms with van der Waals surface area (Å²) in [6, 6.07) is 0. The van der Waals surface area contributed by atoms with Gasteiger partial charge in [-0.3, -0.25) is 0 Å². The highest BCUT2D eigenvalue weighted by molar-refractivity contribution is 5.67. The van der Waals surface area contributed by atoms with Crippen LogP contribution in [0, 0.1) is 5.92 Å². The van der Waals surface area contributed by atoms with E-state index in [4.69, 9.17) is 9.47 Å². The summed E-state index contributed by atoms with van der Waals surface area (Å²) in [6.07, 6.45) is 2.07. The predicted octanol–water partition coefficient (Wildman–Crippen LogP) is 1.53. The molecule has 1 saturated heterocycles. The fourth-order valence-corrected chi connectivity index (χ4v) is 1.86. The van der Waals surface area contributed by atoms with Crippen molar-refractivity contribution in [2.75, 3.05) is 32.8 Å². The van der Waals surface area contributed by atoms with Crippen LogP contribution in [-0.4, -0.2) is 44.5 Å². The Balaban J connectivity index is 1.96. The number of alkyl carbamates (subject to hydrolysis) is 1. The van der Waals surface area contributed by atoms with Gasteiger partial charge in [0.25, 0.3) is 0 Å². The van der Waals surface area contributed by atoms with Gasteiger partial charge in [-0.2, -0.15) is 0 Å². The Labute approximate surface area is 110 Å². The van der Waals surface area contributed by atoms with E-state index in [1.807, 2.05) is 20.8 Å². The first-order valence-electron chi connectivity index (χ1n) is 6.73. The molecule has 18 heavy (non-hydrogen) atoms. The quantitative estimate of drug-likeness (QED) is 0.734. The zero-order chi connectivity index (χ0) is 13.4. The van der Waals surface area contributed by atoms with Gasteiger partial charge in [-0.05, 0) is 46.1 Å². The third-order valence-corrected chi connectivity index (χ3v) is 2.67. The van der Waals surface area contributed by atoms with Gasteiger partial charge in [0.05, 0.1) is 13.2 Å². The number of carbonyl (C=O) groups is 1. The third kappa shape index (κ3) is 7.50. The average Bonchev–Trinajstić information content (AvgIpc) is 2.27. The Morgan fingerprint density at radius 1 is 1.44 bits per heavy atom. The minimum Gasteiger partial charge on any atom is -0.444 e. The molecular weight excluding hydrogens is 232 g/mol. The number of hydrogen-bond acceptors (Lipinski definition) is 4. The number of nitrogens with one attached hydrogen (secondary N) is 2. The van der Waals surface area contributed by atoms with E-state index >= 15 is 0 Å². The average molecular weight is 258 g/mol. The van der Waals surface area contributed by atoms with Crippen molar-refractivity contribution in [1.29, 1.82) is 0 Å². The fourth-order valence-electron chi connectivity index (χ4n) is 1.86. The largest absolute Gasteiger partial charge is 0.444 e. The molecule has 1 aliphatic rings. The molecule has 1 fully saturated rings. The van der Waals surface area contributed by atoms with Gasteiger partial charge in [-0.25, -0.2) is 4.79 Å². The van der Waals surface area contributed by atoms with Crippen LogP contribution in [0.2, 0.25) is 0 Å². The van der Waals surface area contributed by atoms with E-state index in [1.54, 1.807) is 0 Å². The molecule has 0 aromatic heterocycles. The second-order valence-electron chi connectivity index (χ2n) is 5.72. The highest BCUT2D eigenvalue weighted by Gasteiger charge is 2.16. The maximum absolute atomic E-state index is 11.3. The van der Waals surface area contributed by atoms with E-state index in [-0.39, 0.29) is 6.09 Å². The van der Waals surface area contributed by atoms with Crippen LogP contribution in [0.3, 0.4) is 0 Å². The summed E-state index contributed by atoms with van der Waals surface area (Å²) in [5, 5.41) is 6.03. The topological polar surface area (TPSA) is 59.6 Å². The van der Waals surface area contributed by atoms with Gasteiger partial charge >= 0.3 is 6.09 Å². The van der Waals surface area contributed by atoms with Crippen molar-refractivity contribution in [2.45, 2.75) is 39.2 Å². The Morgan fingerprint density at radius 2 is 2.22 bits per heavy atom. The monoisotopic (exact) mass is 258 g/mol. The van der Waals surface area contributed by atoms with Gasteiger partial charge in [-0.15, -0.1) is 0 Å². The molecule has 1 heterocycles. The number of amides is 1. The maximum Gasteiger partial charge on any atom is 0.407 e. The van der Waals surface area contributed by atoms with Crippen LogP contribution in [0.25, 0.3) is 0 Å². The highest BCUT2D eigenvalue weighted by Crippen LogP contribution is 2.09. The van der Waals surface area contributed by atoms with E-state index < -0.39 is 5.60 Å². The molecule has 0 spiro atoms. The lowest BCUT2D eigenvalue weighted by atomic mass is 10.0. The molecule has 5 nitrogen and oxygen atoms in total. The van der Waals surface area contributed by atoms with Crippen LogP contribution < -0.4 is 10.6 Å². The molecule has 0 bridgehead atoms. The Morgan fingerprint density at radius 3 is 2.83 bits per heavy atom. The Hall–Kier alpha value is -0.810. The molecular formula is C13H26N2O3. The standard InChI is InChI=1S/C13H26N2O3/c1-13(2,3)18-12(16)15-7-8-17-10-11-5-4-6-14-9-11/h11,14H,4-10H2,1-3H3,(H,15,16)/t11-/m0/s1. The summed E-state index contributed by atoms with van der Waals surface area (Å²) in [7, 11) is 0. The lowest BCUT2D eigenvalue weighted by Gasteiger charge is -2.22. The van der Waals surface area contributed by atoms with Gasteiger partial charge in [0.1, 0.15) is 5.60 Å². The SMILES string of the molecule is CC(C)(C)OC(=O)NCCOC[C@H]1CCCNC1. The summed E-state index contributed by atoms with van der Waals surface area (Å²) in [5.74, 6) is 0.611. The summed E-state index contributed by atoms with van der Waals surface area (Å²) < 4.78 is 10.7. The first-order valence-corrected chi connectivity index (χ1v) is 6.73. The Kier molecular flexibility index (Phi) is 6.43. The van der Waals surface area contributed by atoms with Gasteiger partial charge < -0.3 is 20.1 Å². The molecule has 0 unspecified atom stereocenters. The van der Waals surface area contributed by atoms with Crippen molar-refractivity contribution in [3.63, 3.8) is 0 Å². The molecule has 0 aromatic carbocycles. The second-order valence-corrected chi connectivity index (χ2v) is 5.72. The molecule has 5 heteroatoms. The summed E-state index contributed by atoms with van der Waals surface area (Å²) in [5.41, 5.74) is -0.446. The highest BCUT2D eigenvalue weighted by atomic mass is 16.6. The van der Waals surface area contributed by atoms with E-state index in [9.17, 15) is 4.79 Å². The van der Waals surface area contributed by atoms with Crippen LogP contribution in [0.15, 0.2) is 0 Å². The van der Waals surface area contributed by atoms with E-state index in [2.05, 4.69) is 10.6 Å². The van der Waals surface area contributed by atoms with Crippen molar-refractivity contribution in [3.8, 4) is 0 Å². The normalized spacial score (nSPS) is 20.5. The van der Waals surface area contributed by atoms with Crippen LogP contribution in [0.5, 0.6) is 0 Å². The summed E-state index contributed by atoms with van der Waals surface area (Å²) in [4.78, 5) is 11.3. The Bertz CT molecular complexity index is 245. The minimum atomic E-state index is -0.446. The van der Waals surface area contributed by atoms with E-state index in [1.165, 1.54) is 12.8 Å². The number of carbonyl (C=O) groups excluding carboxylic acids is 1. The fraction of sp³-hybridized carbons (Fsp3) is 0.923. The van der Waals surface area contributed by atoms with Gasteiger partial charge in [-0.1, -0.05) is 0 Å². The van der Waals surface area contributed by atoms with Gasteiger partial charge in [0.15, 0.2) is 0 Å². The predicted molar refractivity (Wildman–Crippen MR) is 70.6 cm³/mol. The van der Waals surface area contributed by atoms with Crippen molar-refractivity contribution >= 4 is 6.09 Å². The molecule has 0 saturated carbocycles. The minimum absolute atomic E-state index is 0.384. The molecule has 0 radical (unpaired) electrons. The van der Waals surface area contributed by atoms with Crippen molar-refractivity contribution in [2.24, 2.45) is 5.92 Å². The van der Waals surface area contributed by atoms with Crippen LogP contribution in [0.1, 0.15) is 33.6 Å². The zero-order valence-corrected chi connectivity index (χ0v) is 11.8. The van der Waals surface area contributed by atoms with E-state index in [0.717, 1.165) is 19.7 Å². The van der Waals surface area contributed by atoms with Gasteiger partial charge in [0, 0.05) is 13.1 Å². The molecule has 1 aliphatic heterocycles. The number of ether oxygens (including phenoxy) is 2. The maximum atomic E-state index is 11.3. The first-order chi connectivity index (χ1) is 8.47. The summed E-state index contributed by atoms with van der Waals surface area (Å²) in [6.45, 7) is 9.50. The third-order valence-electron chi connectivity index (χ3n) is 2.67. The molecule has 1 rings (SSSR count). The second kappa shape index (κ2) is 7.59. The van der Waals surface area contributed by atoms with Crippen molar-refractivity contribution < 1.29 is 14.3 Å². The van der Waals surface area contributed by atoms with Crippen molar-refractivity contribution in [3.05, 3.63) is 0 Å². The van der Waals surface area contributed by atoms with Crippen LogP contribution in [-0.2, 0) is 9.47 Å². The van der Waals surface area contributed by atoms with Gasteiger partial charge in [0.2, 0.25) is 0 Å². The zero-order valence-electron chi connectivity index (χ0n) is 11.8. The molecule has 106 valence electrons. The molecule has 0 aliphatic carbocycles. The number of piperidine rings is 1. The van der Waals surface area contributed by atoms with Crippen LogP contribution in [0.4, 0.5) is 4.79 Å². The lowest BCUT2D eigenvalue weighted by Crippen LogP contribution is -2.35. The number of hydrogen-bond donors (Lipinski definition) is 2. The smallest absolute Gasteiger partial charge is 0.407 e. The number of rotatable bonds is 5. The molecule has 1 atom stereocenters.